The van der Waals surface area contributed by atoms with E-state index in [1.165, 1.54) is 16.7 Å². The van der Waals surface area contributed by atoms with Gasteiger partial charge in [0, 0.05) is 12.5 Å². The van der Waals surface area contributed by atoms with Crippen LogP contribution in [0.15, 0.2) is 30.3 Å². The third kappa shape index (κ3) is 9.55. The van der Waals surface area contributed by atoms with E-state index in [2.05, 4.69) is 70.2 Å². The third-order valence-electron chi connectivity index (χ3n) is 6.39. The highest BCUT2D eigenvalue weighted by Crippen LogP contribution is 2.32. The van der Waals surface area contributed by atoms with Gasteiger partial charge in [-0.05, 0) is 76.6 Å². The van der Waals surface area contributed by atoms with Crippen LogP contribution >= 0.6 is 11.6 Å². The SMILES string of the molecule is CC(C)c1cccc(C(C)C)c1/C=C/c1cc(CCCCCCO)c(OCCOCCO)cc1CCl. The summed E-state index contributed by atoms with van der Waals surface area (Å²) in [6.45, 7) is 10.4. The van der Waals surface area contributed by atoms with Crippen molar-refractivity contribution in [3.8, 4) is 5.75 Å². The molecule has 0 radical (unpaired) electrons. The lowest BCUT2D eigenvalue weighted by Gasteiger charge is -2.18. The lowest BCUT2D eigenvalue weighted by molar-refractivity contribution is 0.0703. The van der Waals surface area contributed by atoms with E-state index in [0.717, 1.165) is 54.5 Å². The van der Waals surface area contributed by atoms with E-state index in [1.54, 1.807) is 0 Å². The molecule has 200 valence electrons. The second-order valence-corrected chi connectivity index (χ2v) is 10.1. The van der Waals surface area contributed by atoms with Gasteiger partial charge in [0.1, 0.15) is 12.4 Å². The summed E-state index contributed by atoms with van der Waals surface area (Å²) in [5.74, 6) is 2.13. The largest absolute Gasteiger partial charge is 0.491 e. The third-order valence-corrected chi connectivity index (χ3v) is 6.68. The van der Waals surface area contributed by atoms with E-state index >= 15 is 0 Å². The van der Waals surface area contributed by atoms with Crippen LogP contribution in [-0.2, 0) is 17.0 Å². The van der Waals surface area contributed by atoms with Crippen molar-refractivity contribution in [2.75, 3.05) is 33.0 Å². The van der Waals surface area contributed by atoms with Crippen molar-refractivity contribution < 1.29 is 19.7 Å². The lowest BCUT2D eigenvalue weighted by Crippen LogP contribution is -2.10. The summed E-state index contributed by atoms with van der Waals surface area (Å²) in [4.78, 5) is 0. The van der Waals surface area contributed by atoms with Gasteiger partial charge in [-0.15, -0.1) is 11.6 Å². The number of alkyl halides is 1. The fourth-order valence-electron chi connectivity index (χ4n) is 4.42. The molecule has 0 unspecified atom stereocenters. The Morgan fingerprint density at radius 3 is 2.11 bits per heavy atom. The number of aliphatic hydroxyl groups excluding tert-OH is 2. The molecule has 4 nitrogen and oxygen atoms in total. The molecule has 0 aromatic heterocycles. The zero-order valence-electron chi connectivity index (χ0n) is 22.6. The molecule has 0 amide bonds. The Labute approximate surface area is 223 Å². The van der Waals surface area contributed by atoms with Gasteiger partial charge in [-0.3, -0.25) is 0 Å². The van der Waals surface area contributed by atoms with Crippen molar-refractivity contribution in [1.82, 2.24) is 0 Å². The minimum absolute atomic E-state index is 0.00891. The van der Waals surface area contributed by atoms with Crippen LogP contribution in [0.1, 0.15) is 98.6 Å². The van der Waals surface area contributed by atoms with E-state index in [0.29, 0.717) is 37.5 Å². The Bertz CT molecular complexity index is 910. The minimum Gasteiger partial charge on any atom is -0.491 e. The van der Waals surface area contributed by atoms with Gasteiger partial charge in [-0.25, -0.2) is 0 Å². The average Bonchev–Trinajstić information content (AvgIpc) is 2.87. The maximum absolute atomic E-state index is 9.07. The molecule has 2 rings (SSSR count). The Hall–Kier alpha value is -1.85. The molecule has 0 heterocycles. The summed E-state index contributed by atoms with van der Waals surface area (Å²) in [6, 6.07) is 10.9. The summed E-state index contributed by atoms with van der Waals surface area (Å²) in [5.41, 5.74) is 7.34. The van der Waals surface area contributed by atoms with E-state index in [9.17, 15) is 0 Å². The maximum atomic E-state index is 9.07. The van der Waals surface area contributed by atoms with E-state index in [1.807, 2.05) is 0 Å². The predicted molar refractivity (Wildman–Crippen MR) is 152 cm³/mol. The molecule has 2 aromatic carbocycles. The average molecular weight is 517 g/mol. The van der Waals surface area contributed by atoms with Crippen molar-refractivity contribution in [3.63, 3.8) is 0 Å². The molecule has 2 aromatic rings. The first kappa shape index (κ1) is 30.4. The molecule has 0 fully saturated rings. The summed E-state index contributed by atoms with van der Waals surface area (Å²) in [6.07, 6.45) is 9.34. The number of aryl methyl sites for hydroxylation is 1. The minimum atomic E-state index is 0.00891. The number of ether oxygens (including phenoxy) is 2. The van der Waals surface area contributed by atoms with E-state index in [-0.39, 0.29) is 13.2 Å². The highest BCUT2D eigenvalue weighted by molar-refractivity contribution is 6.17. The zero-order valence-corrected chi connectivity index (χ0v) is 23.3. The molecule has 2 N–H and O–H groups in total. The summed E-state index contributed by atoms with van der Waals surface area (Å²) < 4.78 is 11.5. The van der Waals surface area contributed by atoms with Crippen LogP contribution in [0.3, 0.4) is 0 Å². The monoisotopic (exact) mass is 516 g/mol. The first-order chi connectivity index (χ1) is 17.4. The maximum Gasteiger partial charge on any atom is 0.122 e. The number of benzene rings is 2. The quantitative estimate of drug-likeness (QED) is 0.131. The van der Waals surface area contributed by atoms with Crippen LogP contribution < -0.4 is 4.74 Å². The van der Waals surface area contributed by atoms with E-state index in [4.69, 9.17) is 31.3 Å². The van der Waals surface area contributed by atoms with Crippen LogP contribution in [0.5, 0.6) is 5.75 Å². The number of unbranched alkanes of at least 4 members (excludes halogenated alkanes) is 3. The lowest BCUT2D eigenvalue weighted by atomic mass is 9.88. The zero-order chi connectivity index (χ0) is 26.3. The number of hydrogen-bond donors (Lipinski definition) is 2. The van der Waals surface area contributed by atoms with Crippen molar-refractivity contribution in [3.05, 3.63) is 63.7 Å². The Balaban J connectivity index is 2.37. The normalized spacial score (nSPS) is 11.8. The summed E-state index contributed by atoms with van der Waals surface area (Å²) in [7, 11) is 0. The van der Waals surface area contributed by atoms with Gasteiger partial charge >= 0.3 is 0 Å². The van der Waals surface area contributed by atoms with Gasteiger partial charge in [0.05, 0.1) is 19.8 Å². The van der Waals surface area contributed by atoms with Gasteiger partial charge in [0.25, 0.3) is 0 Å². The van der Waals surface area contributed by atoms with Crippen LogP contribution in [0.2, 0.25) is 0 Å². The van der Waals surface area contributed by atoms with Crippen molar-refractivity contribution >= 4 is 23.8 Å². The van der Waals surface area contributed by atoms with Crippen molar-refractivity contribution in [2.45, 2.75) is 77.5 Å². The summed E-state index contributed by atoms with van der Waals surface area (Å²) in [5, 5.41) is 18.0. The van der Waals surface area contributed by atoms with Crippen LogP contribution in [0.4, 0.5) is 0 Å². The summed E-state index contributed by atoms with van der Waals surface area (Å²) >= 11 is 6.40. The van der Waals surface area contributed by atoms with Gasteiger partial charge in [-0.1, -0.05) is 70.9 Å². The number of aliphatic hydroxyl groups is 2. The van der Waals surface area contributed by atoms with Crippen molar-refractivity contribution in [2.24, 2.45) is 0 Å². The molecule has 0 aliphatic rings. The second kappa shape index (κ2) is 16.8. The van der Waals surface area contributed by atoms with Crippen LogP contribution in [0, 0.1) is 0 Å². The number of hydrogen-bond acceptors (Lipinski definition) is 4. The first-order valence-electron chi connectivity index (χ1n) is 13.4. The smallest absolute Gasteiger partial charge is 0.122 e. The fraction of sp³-hybridized carbons (Fsp3) is 0.548. The van der Waals surface area contributed by atoms with E-state index < -0.39 is 0 Å². The van der Waals surface area contributed by atoms with Gasteiger partial charge in [0.2, 0.25) is 0 Å². The molecule has 0 spiro atoms. The Kier molecular flexibility index (Phi) is 14.2. The molecule has 0 saturated heterocycles. The standard InChI is InChI=1S/C31H45ClO4/c1-23(2)28-11-9-12-29(24(3)4)30(28)14-13-25-20-26(10-7-5-6-8-15-33)31(21-27(25)22-32)36-19-18-35-17-16-34/h9,11-14,20-21,23-24,33-34H,5-8,10,15-19,22H2,1-4H3/b14-13+. The molecule has 0 saturated carbocycles. The fourth-order valence-corrected chi connectivity index (χ4v) is 4.65. The molecule has 0 bridgehead atoms. The van der Waals surface area contributed by atoms with Crippen LogP contribution in [-0.4, -0.2) is 43.2 Å². The number of rotatable bonds is 17. The number of halogens is 1. The molecular weight excluding hydrogens is 472 g/mol. The molecule has 5 heteroatoms. The molecule has 0 aliphatic carbocycles. The Morgan fingerprint density at radius 1 is 0.806 bits per heavy atom. The van der Waals surface area contributed by atoms with Gasteiger partial charge < -0.3 is 19.7 Å². The highest BCUT2D eigenvalue weighted by Gasteiger charge is 2.13. The topological polar surface area (TPSA) is 58.9 Å². The van der Waals surface area contributed by atoms with Gasteiger partial charge in [-0.2, -0.15) is 0 Å². The Morgan fingerprint density at radius 2 is 1.50 bits per heavy atom. The van der Waals surface area contributed by atoms with Crippen molar-refractivity contribution in [1.29, 1.82) is 0 Å². The molecule has 36 heavy (non-hydrogen) atoms. The molecule has 0 aliphatic heterocycles. The first-order valence-corrected chi connectivity index (χ1v) is 13.9. The second-order valence-electron chi connectivity index (χ2n) is 9.86. The highest BCUT2D eigenvalue weighted by atomic mass is 35.5. The van der Waals surface area contributed by atoms with Gasteiger partial charge in [0.15, 0.2) is 0 Å². The molecule has 0 atom stereocenters. The predicted octanol–water partition coefficient (Wildman–Crippen LogP) is 7.33. The molecular formula is C31H45ClO4. The van der Waals surface area contributed by atoms with Crippen LogP contribution in [0.25, 0.3) is 12.2 Å².